The van der Waals surface area contributed by atoms with Crippen LogP contribution in [-0.2, 0) is 11.8 Å². The van der Waals surface area contributed by atoms with Crippen molar-refractivity contribution in [2.24, 2.45) is 11.8 Å². The Kier molecular flexibility index (Phi) is 4.24. The van der Waals surface area contributed by atoms with Gasteiger partial charge in [-0.15, -0.1) is 0 Å². The molecule has 0 radical (unpaired) electrons. The van der Waals surface area contributed by atoms with E-state index in [2.05, 4.69) is 36.2 Å². The molecule has 1 aliphatic heterocycles. The molecule has 22 heavy (non-hydrogen) atoms. The predicted octanol–water partition coefficient (Wildman–Crippen LogP) is 3.45. The van der Waals surface area contributed by atoms with Gasteiger partial charge in [0.05, 0.1) is 5.41 Å². The van der Waals surface area contributed by atoms with E-state index in [-0.39, 0.29) is 5.41 Å². The van der Waals surface area contributed by atoms with Crippen LogP contribution in [0.2, 0.25) is 5.02 Å². The lowest BCUT2D eigenvalue weighted by Crippen LogP contribution is -2.21. The third kappa shape index (κ3) is 2.90. The van der Waals surface area contributed by atoms with Gasteiger partial charge in [-0.2, -0.15) is 4.98 Å². The zero-order chi connectivity index (χ0) is 15.7. The molecule has 0 unspecified atom stereocenters. The molecule has 2 aromatic rings. The van der Waals surface area contributed by atoms with Gasteiger partial charge >= 0.3 is 0 Å². The highest BCUT2D eigenvalue weighted by molar-refractivity contribution is 6.31. The molecule has 4 nitrogen and oxygen atoms in total. The average Bonchev–Trinajstić information content (AvgIpc) is 3.10. The first kappa shape index (κ1) is 15.5. The van der Waals surface area contributed by atoms with Gasteiger partial charge < -0.3 is 9.84 Å². The molecule has 1 aromatic carbocycles. The lowest BCUT2D eigenvalue weighted by molar-refractivity contribution is 0.331. The Balaban J connectivity index is 1.82. The molecule has 3 rings (SSSR count). The number of benzene rings is 1. The van der Waals surface area contributed by atoms with Gasteiger partial charge in [0, 0.05) is 11.4 Å². The topological polar surface area (TPSA) is 51.0 Å². The van der Waals surface area contributed by atoms with Crippen molar-refractivity contribution >= 4 is 11.6 Å². The monoisotopic (exact) mass is 319 g/mol. The summed E-state index contributed by atoms with van der Waals surface area (Å²) in [5, 5.41) is 8.34. The van der Waals surface area contributed by atoms with Crippen LogP contribution >= 0.6 is 11.6 Å². The molecule has 2 atom stereocenters. The van der Waals surface area contributed by atoms with Gasteiger partial charge in [0.25, 0.3) is 0 Å². The van der Waals surface area contributed by atoms with Crippen molar-refractivity contribution in [2.75, 3.05) is 13.1 Å². The van der Waals surface area contributed by atoms with Gasteiger partial charge in [0.15, 0.2) is 5.82 Å². The van der Waals surface area contributed by atoms with Gasteiger partial charge in [0.1, 0.15) is 0 Å². The number of aromatic nitrogens is 2. The number of nitrogens with one attached hydrogen (secondary N) is 1. The highest BCUT2D eigenvalue weighted by atomic mass is 35.5. The summed E-state index contributed by atoms with van der Waals surface area (Å²) < 4.78 is 5.49. The highest BCUT2D eigenvalue weighted by Gasteiger charge is 2.32. The maximum absolute atomic E-state index is 6.33. The van der Waals surface area contributed by atoms with Crippen LogP contribution in [-0.4, -0.2) is 23.2 Å². The van der Waals surface area contributed by atoms with Crippen LogP contribution in [0.3, 0.4) is 0 Å². The minimum Gasteiger partial charge on any atom is -0.339 e. The fraction of sp³-hybridized carbons (Fsp3) is 0.529. The van der Waals surface area contributed by atoms with Crippen molar-refractivity contribution in [1.29, 1.82) is 0 Å². The summed E-state index contributed by atoms with van der Waals surface area (Å²) in [6.07, 6.45) is 0.833. The van der Waals surface area contributed by atoms with E-state index < -0.39 is 0 Å². The van der Waals surface area contributed by atoms with Crippen LogP contribution in [0.15, 0.2) is 28.8 Å². The van der Waals surface area contributed by atoms with Crippen LogP contribution < -0.4 is 5.32 Å². The molecule has 1 aromatic heterocycles. The Labute approximate surface area is 136 Å². The van der Waals surface area contributed by atoms with Gasteiger partial charge in [-0.25, -0.2) is 0 Å². The van der Waals surface area contributed by atoms with Crippen molar-refractivity contribution in [3.05, 3.63) is 46.6 Å². The summed E-state index contributed by atoms with van der Waals surface area (Å²) in [6, 6.07) is 7.82. The van der Waals surface area contributed by atoms with E-state index in [9.17, 15) is 0 Å². The summed E-state index contributed by atoms with van der Waals surface area (Å²) in [5.74, 6) is 2.62. The molecule has 0 saturated carbocycles. The molecular formula is C17H22ClN3O. The lowest BCUT2D eigenvalue weighted by atomic mass is 9.84. The maximum atomic E-state index is 6.33. The van der Waals surface area contributed by atoms with Gasteiger partial charge in [-0.3, -0.25) is 0 Å². The molecule has 0 aliphatic carbocycles. The Morgan fingerprint density at radius 1 is 1.32 bits per heavy atom. The fourth-order valence-electron chi connectivity index (χ4n) is 3.04. The molecule has 1 saturated heterocycles. The minimum absolute atomic E-state index is 0.375. The zero-order valence-corrected chi connectivity index (χ0v) is 14.0. The summed E-state index contributed by atoms with van der Waals surface area (Å²) in [7, 11) is 0. The van der Waals surface area contributed by atoms with E-state index in [1.54, 1.807) is 0 Å². The van der Waals surface area contributed by atoms with E-state index in [4.69, 9.17) is 16.1 Å². The Morgan fingerprint density at radius 3 is 2.77 bits per heavy atom. The largest absolute Gasteiger partial charge is 0.339 e. The molecule has 118 valence electrons. The van der Waals surface area contributed by atoms with E-state index in [1.807, 2.05) is 24.3 Å². The SMILES string of the molecule is C[C@@H]1CNC[C@H]1Cc1nc(C(C)(C)c2ccccc2Cl)no1. The third-order valence-corrected chi connectivity index (χ3v) is 5.02. The number of rotatable bonds is 4. The second-order valence-corrected chi connectivity index (χ2v) is 7.12. The standard InChI is InChI=1S/C17H22ClN3O/c1-11-9-19-10-12(11)8-15-20-16(21-22-15)17(2,3)13-6-4-5-7-14(13)18/h4-7,11-12,19H,8-10H2,1-3H3/t11-,12-/m1/s1. The van der Waals surface area contributed by atoms with Crippen molar-refractivity contribution in [1.82, 2.24) is 15.5 Å². The van der Waals surface area contributed by atoms with Crippen molar-refractivity contribution < 1.29 is 4.52 Å². The van der Waals surface area contributed by atoms with E-state index in [1.165, 1.54) is 0 Å². The second kappa shape index (κ2) is 6.01. The lowest BCUT2D eigenvalue weighted by Gasteiger charge is -2.22. The normalized spacial score (nSPS) is 22.2. The first-order valence-electron chi connectivity index (χ1n) is 7.77. The molecule has 1 aliphatic rings. The van der Waals surface area contributed by atoms with Crippen molar-refractivity contribution in [3.8, 4) is 0 Å². The molecule has 0 spiro atoms. The quantitative estimate of drug-likeness (QED) is 0.937. The molecule has 1 N–H and O–H groups in total. The maximum Gasteiger partial charge on any atom is 0.227 e. The van der Waals surface area contributed by atoms with Crippen LogP contribution in [0.4, 0.5) is 0 Å². The second-order valence-electron chi connectivity index (χ2n) is 6.72. The van der Waals surface area contributed by atoms with Crippen molar-refractivity contribution in [3.63, 3.8) is 0 Å². The summed E-state index contributed by atoms with van der Waals surface area (Å²) >= 11 is 6.33. The van der Waals surface area contributed by atoms with Crippen LogP contribution in [0.5, 0.6) is 0 Å². The summed E-state index contributed by atoms with van der Waals surface area (Å²) in [4.78, 5) is 4.63. The average molecular weight is 320 g/mol. The Morgan fingerprint density at radius 2 is 2.09 bits per heavy atom. The number of nitrogens with zero attached hydrogens (tertiary/aromatic N) is 2. The third-order valence-electron chi connectivity index (χ3n) is 4.69. The fourth-order valence-corrected chi connectivity index (χ4v) is 3.41. The van der Waals surface area contributed by atoms with Crippen LogP contribution in [0.1, 0.15) is 38.0 Å². The Hall–Kier alpha value is -1.39. The van der Waals surface area contributed by atoms with Gasteiger partial charge in [-0.1, -0.05) is 41.9 Å². The van der Waals surface area contributed by atoms with Crippen LogP contribution in [0.25, 0.3) is 0 Å². The number of hydrogen-bond donors (Lipinski definition) is 1. The molecule has 1 fully saturated rings. The predicted molar refractivity (Wildman–Crippen MR) is 87.1 cm³/mol. The molecule has 2 heterocycles. The summed E-state index contributed by atoms with van der Waals surface area (Å²) in [6.45, 7) is 8.49. The molecular weight excluding hydrogens is 298 g/mol. The number of hydrogen-bond acceptors (Lipinski definition) is 4. The van der Waals surface area contributed by atoms with Crippen molar-refractivity contribution in [2.45, 2.75) is 32.6 Å². The molecule has 5 heteroatoms. The minimum atomic E-state index is -0.375. The summed E-state index contributed by atoms with van der Waals surface area (Å²) in [5.41, 5.74) is 0.638. The first-order chi connectivity index (χ1) is 10.5. The number of halogens is 1. The van der Waals surface area contributed by atoms with E-state index in [0.717, 1.165) is 36.0 Å². The Bertz CT molecular complexity index is 653. The first-order valence-corrected chi connectivity index (χ1v) is 8.15. The van der Waals surface area contributed by atoms with Gasteiger partial charge in [-0.05, 0) is 50.4 Å². The van der Waals surface area contributed by atoms with E-state index in [0.29, 0.717) is 17.7 Å². The molecule has 0 amide bonds. The zero-order valence-electron chi connectivity index (χ0n) is 13.3. The van der Waals surface area contributed by atoms with Crippen LogP contribution in [0, 0.1) is 11.8 Å². The highest BCUT2D eigenvalue weighted by Crippen LogP contribution is 2.34. The molecule has 0 bridgehead atoms. The van der Waals surface area contributed by atoms with E-state index >= 15 is 0 Å². The van der Waals surface area contributed by atoms with Gasteiger partial charge in [0.2, 0.25) is 5.89 Å². The smallest absolute Gasteiger partial charge is 0.227 e.